The zero-order valence-corrected chi connectivity index (χ0v) is 12.1. The summed E-state index contributed by atoms with van der Waals surface area (Å²) in [7, 11) is 0. The summed E-state index contributed by atoms with van der Waals surface area (Å²) in [6.45, 7) is 3.31. The molecule has 1 aromatic rings. The fourth-order valence-corrected chi connectivity index (χ4v) is 1.88. The van der Waals surface area contributed by atoms with E-state index in [9.17, 15) is 4.39 Å². The van der Waals surface area contributed by atoms with E-state index in [1.54, 1.807) is 0 Å². The fraction of sp³-hybridized carbons (Fsp3) is 0.417. The van der Waals surface area contributed by atoms with Crippen molar-refractivity contribution in [3.63, 3.8) is 0 Å². The first-order chi connectivity index (χ1) is 9.11. The molecule has 106 valence electrons. The molecule has 0 spiro atoms. The SMILES string of the molecule is CCCOCCOc1ccc(/C(N)=N/O)c(Br)c1F. The Bertz CT molecular complexity index is 455. The zero-order valence-electron chi connectivity index (χ0n) is 10.5. The number of benzene rings is 1. The van der Waals surface area contributed by atoms with E-state index in [0.717, 1.165) is 6.42 Å². The Hall–Kier alpha value is -1.34. The fourth-order valence-electron chi connectivity index (χ4n) is 1.35. The molecule has 3 N–H and O–H groups in total. The summed E-state index contributed by atoms with van der Waals surface area (Å²) in [4.78, 5) is 0. The smallest absolute Gasteiger partial charge is 0.179 e. The molecule has 5 nitrogen and oxygen atoms in total. The van der Waals surface area contributed by atoms with Crippen LogP contribution in [0.1, 0.15) is 18.9 Å². The Morgan fingerprint density at radius 1 is 1.42 bits per heavy atom. The van der Waals surface area contributed by atoms with Crippen LogP contribution >= 0.6 is 15.9 Å². The second-order valence-corrected chi connectivity index (χ2v) is 4.48. The van der Waals surface area contributed by atoms with Gasteiger partial charge < -0.3 is 20.4 Å². The van der Waals surface area contributed by atoms with Crippen LogP contribution in [-0.4, -0.2) is 30.9 Å². The molecule has 0 radical (unpaired) electrons. The molecule has 0 saturated carbocycles. The van der Waals surface area contributed by atoms with Crippen LogP contribution in [0.2, 0.25) is 0 Å². The maximum absolute atomic E-state index is 13.9. The Morgan fingerprint density at radius 3 is 2.79 bits per heavy atom. The Morgan fingerprint density at radius 2 is 2.16 bits per heavy atom. The second kappa shape index (κ2) is 7.96. The summed E-state index contributed by atoms with van der Waals surface area (Å²) in [5, 5.41) is 11.4. The average Bonchev–Trinajstić information content (AvgIpc) is 2.42. The van der Waals surface area contributed by atoms with Gasteiger partial charge in [0, 0.05) is 12.2 Å². The first kappa shape index (κ1) is 15.7. The molecule has 1 aromatic carbocycles. The van der Waals surface area contributed by atoms with Crippen molar-refractivity contribution in [1.82, 2.24) is 0 Å². The number of amidine groups is 1. The van der Waals surface area contributed by atoms with Gasteiger partial charge in [-0.2, -0.15) is 0 Å². The molecule has 0 amide bonds. The number of hydrogen-bond acceptors (Lipinski definition) is 4. The molecule has 0 atom stereocenters. The zero-order chi connectivity index (χ0) is 14.3. The van der Waals surface area contributed by atoms with Gasteiger partial charge in [0.05, 0.1) is 11.1 Å². The maximum atomic E-state index is 13.9. The Balaban J connectivity index is 2.69. The summed E-state index contributed by atoms with van der Waals surface area (Å²) >= 11 is 3.05. The van der Waals surface area contributed by atoms with Crippen molar-refractivity contribution in [2.75, 3.05) is 19.8 Å². The maximum Gasteiger partial charge on any atom is 0.179 e. The van der Waals surface area contributed by atoms with Gasteiger partial charge >= 0.3 is 0 Å². The van der Waals surface area contributed by atoms with Crippen LogP contribution in [0, 0.1) is 5.82 Å². The Labute approximate surface area is 119 Å². The number of rotatable bonds is 7. The monoisotopic (exact) mass is 334 g/mol. The van der Waals surface area contributed by atoms with Crippen LogP contribution in [0.4, 0.5) is 4.39 Å². The van der Waals surface area contributed by atoms with Gasteiger partial charge in [0.2, 0.25) is 0 Å². The number of halogens is 2. The van der Waals surface area contributed by atoms with Crippen molar-refractivity contribution >= 4 is 21.8 Å². The van der Waals surface area contributed by atoms with Crippen LogP contribution < -0.4 is 10.5 Å². The highest BCUT2D eigenvalue weighted by atomic mass is 79.9. The van der Waals surface area contributed by atoms with Crippen molar-refractivity contribution in [2.45, 2.75) is 13.3 Å². The van der Waals surface area contributed by atoms with Gasteiger partial charge in [-0.1, -0.05) is 12.1 Å². The summed E-state index contributed by atoms with van der Waals surface area (Å²) in [6.07, 6.45) is 0.925. The molecular weight excluding hydrogens is 319 g/mol. The lowest BCUT2D eigenvalue weighted by atomic mass is 10.2. The molecular formula is C12H16BrFN2O3. The predicted molar refractivity (Wildman–Crippen MR) is 73.2 cm³/mol. The minimum absolute atomic E-state index is 0.0847. The molecule has 0 aliphatic carbocycles. The van der Waals surface area contributed by atoms with Crippen LogP contribution in [0.3, 0.4) is 0 Å². The number of ether oxygens (including phenoxy) is 2. The summed E-state index contributed by atoms with van der Waals surface area (Å²) in [6, 6.07) is 2.93. The number of nitrogens with two attached hydrogens (primary N) is 1. The molecule has 19 heavy (non-hydrogen) atoms. The van der Waals surface area contributed by atoms with E-state index in [2.05, 4.69) is 21.1 Å². The van der Waals surface area contributed by atoms with Gasteiger partial charge in [0.15, 0.2) is 17.4 Å². The second-order valence-electron chi connectivity index (χ2n) is 3.69. The molecule has 0 unspecified atom stereocenters. The average molecular weight is 335 g/mol. The minimum atomic E-state index is -0.598. The van der Waals surface area contributed by atoms with Gasteiger partial charge in [0.1, 0.15) is 6.61 Å². The lowest BCUT2D eigenvalue weighted by Gasteiger charge is -2.10. The van der Waals surface area contributed by atoms with Crippen LogP contribution in [0.15, 0.2) is 21.8 Å². The van der Waals surface area contributed by atoms with Crippen LogP contribution in [0.25, 0.3) is 0 Å². The molecule has 0 aliphatic rings. The van der Waals surface area contributed by atoms with Crippen molar-refractivity contribution < 1.29 is 19.1 Å². The van der Waals surface area contributed by atoms with E-state index < -0.39 is 5.82 Å². The highest BCUT2D eigenvalue weighted by molar-refractivity contribution is 9.10. The summed E-state index contributed by atoms with van der Waals surface area (Å²) in [5.41, 5.74) is 5.67. The summed E-state index contributed by atoms with van der Waals surface area (Å²) in [5.74, 6) is -0.690. The van der Waals surface area contributed by atoms with Crippen molar-refractivity contribution in [3.05, 3.63) is 28.0 Å². The highest BCUT2D eigenvalue weighted by Gasteiger charge is 2.14. The Kier molecular flexibility index (Phi) is 6.58. The van der Waals surface area contributed by atoms with Gasteiger partial charge in [-0.05, 0) is 34.5 Å². The third-order valence-corrected chi connectivity index (χ3v) is 3.04. The molecule has 0 bridgehead atoms. The topological polar surface area (TPSA) is 77.1 Å². The highest BCUT2D eigenvalue weighted by Crippen LogP contribution is 2.28. The first-order valence-electron chi connectivity index (χ1n) is 5.78. The number of oxime groups is 1. The van der Waals surface area contributed by atoms with E-state index in [1.165, 1.54) is 12.1 Å². The molecule has 0 heterocycles. The molecule has 7 heteroatoms. The lowest BCUT2D eigenvalue weighted by molar-refractivity contribution is 0.0991. The third kappa shape index (κ3) is 4.36. The molecule has 0 fully saturated rings. The third-order valence-electron chi connectivity index (χ3n) is 2.26. The quantitative estimate of drug-likeness (QED) is 0.264. The van der Waals surface area contributed by atoms with E-state index in [0.29, 0.717) is 13.2 Å². The first-order valence-corrected chi connectivity index (χ1v) is 6.57. The molecule has 1 rings (SSSR count). The molecule has 0 aliphatic heterocycles. The summed E-state index contributed by atoms with van der Waals surface area (Å²) < 4.78 is 24.5. The van der Waals surface area contributed by atoms with E-state index >= 15 is 0 Å². The minimum Gasteiger partial charge on any atom is -0.488 e. The lowest BCUT2D eigenvalue weighted by Crippen LogP contribution is -2.15. The number of hydrogen-bond donors (Lipinski definition) is 2. The van der Waals surface area contributed by atoms with Gasteiger partial charge in [0.25, 0.3) is 0 Å². The predicted octanol–water partition coefficient (Wildman–Crippen LogP) is 2.49. The van der Waals surface area contributed by atoms with Gasteiger partial charge in [-0.25, -0.2) is 4.39 Å². The van der Waals surface area contributed by atoms with Crippen molar-refractivity contribution in [2.24, 2.45) is 10.9 Å². The van der Waals surface area contributed by atoms with E-state index in [-0.39, 0.29) is 28.2 Å². The normalized spacial score (nSPS) is 11.6. The molecule has 0 aromatic heterocycles. The van der Waals surface area contributed by atoms with Crippen LogP contribution in [-0.2, 0) is 4.74 Å². The van der Waals surface area contributed by atoms with Crippen molar-refractivity contribution in [1.29, 1.82) is 0 Å². The van der Waals surface area contributed by atoms with E-state index in [4.69, 9.17) is 20.4 Å². The van der Waals surface area contributed by atoms with Gasteiger partial charge in [-0.15, -0.1) is 0 Å². The van der Waals surface area contributed by atoms with Crippen molar-refractivity contribution in [3.8, 4) is 5.75 Å². The van der Waals surface area contributed by atoms with E-state index in [1.807, 2.05) is 6.92 Å². The number of nitrogens with zero attached hydrogens (tertiary/aromatic N) is 1. The van der Waals surface area contributed by atoms with Crippen LogP contribution in [0.5, 0.6) is 5.75 Å². The molecule has 0 saturated heterocycles. The largest absolute Gasteiger partial charge is 0.488 e. The van der Waals surface area contributed by atoms with Gasteiger partial charge in [-0.3, -0.25) is 0 Å². The standard InChI is InChI=1S/C12H16BrFN2O3/c1-2-5-18-6-7-19-9-4-3-8(12(15)16-17)10(13)11(9)14/h3-4,17H,2,5-7H2,1H3,(H2,15,16).